The maximum Gasteiger partial charge on any atom is 0.387 e. The van der Waals surface area contributed by atoms with Crippen molar-refractivity contribution >= 4 is 11.6 Å². The van der Waals surface area contributed by atoms with Gasteiger partial charge in [-0.05, 0) is 31.2 Å². The minimum Gasteiger partial charge on any atom is -0.433 e. The van der Waals surface area contributed by atoms with Gasteiger partial charge in [0.2, 0.25) is 0 Å². The highest BCUT2D eigenvalue weighted by molar-refractivity contribution is 6.05. The molecule has 1 heterocycles. The van der Waals surface area contributed by atoms with Gasteiger partial charge in [0.05, 0.1) is 23.1 Å². The molecule has 0 atom stereocenters. The van der Waals surface area contributed by atoms with Crippen molar-refractivity contribution < 1.29 is 22.7 Å². The summed E-state index contributed by atoms with van der Waals surface area (Å²) < 4.78 is 44.6. The summed E-state index contributed by atoms with van der Waals surface area (Å²) in [6.45, 7) is -1.41. The lowest BCUT2D eigenvalue weighted by molar-refractivity contribution is -0.0493. The van der Waals surface area contributed by atoms with Gasteiger partial charge in [-0.2, -0.15) is 13.9 Å². The number of aromatic nitrogens is 2. The quantitative estimate of drug-likeness (QED) is 0.742. The van der Waals surface area contributed by atoms with Crippen molar-refractivity contribution in [2.45, 2.75) is 13.5 Å². The highest BCUT2D eigenvalue weighted by Gasteiger charge is 2.18. The minimum atomic E-state index is -3.02. The van der Waals surface area contributed by atoms with Crippen LogP contribution in [0.25, 0.3) is 5.69 Å². The van der Waals surface area contributed by atoms with Crippen molar-refractivity contribution in [3.63, 3.8) is 0 Å². The average Bonchev–Trinajstić information content (AvgIpc) is 2.98. The van der Waals surface area contributed by atoms with Crippen LogP contribution in [0.1, 0.15) is 16.1 Å². The van der Waals surface area contributed by atoms with Gasteiger partial charge in [0.1, 0.15) is 17.3 Å². The van der Waals surface area contributed by atoms with Crippen molar-refractivity contribution in [1.29, 1.82) is 0 Å². The van der Waals surface area contributed by atoms with E-state index in [1.54, 1.807) is 25.1 Å². The molecule has 0 saturated heterocycles. The smallest absolute Gasteiger partial charge is 0.387 e. The first-order chi connectivity index (χ1) is 12.5. The molecule has 0 spiro atoms. The molecule has 0 radical (unpaired) electrons. The van der Waals surface area contributed by atoms with E-state index in [2.05, 4.69) is 15.2 Å². The zero-order valence-corrected chi connectivity index (χ0v) is 13.6. The third-order valence-electron chi connectivity index (χ3n) is 3.69. The summed E-state index contributed by atoms with van der Waals surface area (Å²) in [5.74, 6) is -1.22. The highest BCUT2D eigenvalue weighted by atomic mass is 19.3. The van der Waals surface area contributed by atoms with E-state index in [0.29, 0.717) is 5.69 Å². The molecule has 3 aromatic rings. The summed E-state index contributed by atoms with van der Waals surface area (Å²) >= 11 is 0. The fourth-order valence-electron chi connectivity index (χ4n) is 2.46. The molecule has 1 N–H and O–H groups in total. The summed E-state index contributed by atoms with van der Waals surface area (Å²) in [5.41, 5.74) is 0.876. The van der Waals surface area contributed by atoms with Crippen LogP contribution < -0.4 is 10.1 Å². The van der Waals surface area contributed by atoms with Gasteiger partial charge in [-0.1, -0.05) is 24.3 Å². The zero-order chi connectivity index (χ0) is 18.7. The molecule has 0 fully saturated rings. The molecule has 134 valence electrons. The van der Waals surface area contributed by atoms with E-state index < -0.39 is 18.3 Å². The van der Waals surface area contributed by atoms with Crippen LogP contribution in [-0.4, -0.2) is 22.3 Å². The Balaban J connectivity index is 1.88. The topological polar surface area (TPSA) is 56.1 Å². The van der Waals surface area contributed by atoms with E-state index in [1.165, 1.54) is 41.2 Å². The number of benzene rings is 2. The number of nitrogens with one attached hydrogen (secondary N) is 1. The second kappa shape index (κ2) is 7.30. The van der Waals surface area contributed by atoms with Crippen LogP contribution in [0.15, 0.2) is 54.7 Å². The lowest BCUT2D eigenvalue weighted by Gasteiger charge is -2.11. The Morgan fingerprint density at radius 1 is 1.15 bits per heavy atom. The molecule has 1 amide bonds. The number of para-hydroxylation sites is 3. The molecule has 0 unspecified atom stereocenters. The van der Waals surface area contributed by atoms with E-state index in [0.717, 1.165) is 0 Å². The van der Waals surface area contributed by atoms with Gasteiger partial charge >= 0.3 is 6.61 Å². The van der Waals surface area contributed by atoms with Crippen LogP contribution >= 0.6 is 0 Å². The first-order valence-corrected chi connectivity index (χ1v) is 7.62. The number of nitrogens with zero attached hydrogens (tertiary/aromatic N) is 2. The number of amides is 1. The van der Waals surface area contributed by atoms with E-state index >= 15 is 0 Å². The van der Waals surface area contributed by atoms with Crippen molar-refractivity contribution in [2.24, 2.45) is 0 Å². The van der Waals surface area contributed by atoms with Gasteiger partial charge in [0.15, 0.2) is 0 Å². The van der Waals surface area contributed by atoms with E-state index in [9.17, 15) is 18.0 Å². The predicted octanol–water partition coefficient (Wildman–Crippen LogP) is 4.17. The molecule has 0 bridgehead atoms. The molecular weight excluding hydrogens is 347 g/mol. The Morgan fingerprint density at radius 2 is 1.85 bits per heavy atom. The van der Waals surface area contributed by atoms with Crippen LogP contribution in [0.2, 0.25) is 0 Å². The SMILES string of the molecule is Cc1c(C(=O)Nc2ccccc2OC(F)F)cnn1-c1ccccc1F. The number of rotatable bonds is 5. The van der Waals surface area contributed by atoms with E-state index in [4.69, 9.17) is 0 Å². The van der Waals surface area contributed by atoms with Crippen LogP contribution in [0.5, 0.6) is 5.75 Å². The Bertz CT molecular complexity index is 941. The van der Waals surface area contributed by atoms with Crippen LogP contribution in [0.4, 0.5) is 18.9 Å². The number of alkyl halides is 2. The summed E-state index contributed by atoms with van der Waals surface area (Å²) in [6, 6.07) is 11.8. The van der Waals surface area contributed by atoms with Gasteiger partial charge in [0, 0.05) is 0 Å². The van der Waals surface area contributed by atoms with Crippen LogP contribution in [0, 0.1) is 12.7 Å². The minimum absolute atomic E-state index is 0.0934. The van der Waals surface area contributed by atoms with Gasteiger partial charge in [-0.15, -0.1) is 0 Å². The highest BCUT2D eigenvalue weighted by Crippen LogP contribution is 2.26. The molecule has 26 heavy (non-hydrogen) atoms. The number of hydrogen-bond donors (Lipinski definition) is 1. The Labute approximate surface area is 147 Å². The molecule has 0 aliphatic carbocycles. The monoisotopic (exact) mass is 361 g/mol. The second-order valence-electron chi connectivity index (χ2n) is 5.34. The van der Waals surface area contributed by atoms with Crippen molar-refractivity contribution in [3.05, 3.63) is 71.8 Å². The molecular formula is C18H14F3N3O2. The summed E-state index contributed by atoms with van der Waals surface area (Å²) in [4.78, 5) is 12.5. The Morgan fingerprint density at radius 3 is 2.58 bits per heavy atom. The van der Waals surface area contributed by atoms with Crippen LogP contribution in [-0.2, 0) is 0 Å². The molecule has 1 aromatic heterocycles. The first-order valence-electron chi connectivity index (χ1n) is 7.62. The number of carbonyl (C=O) groups excluding carboxylic acids is 1. The van der Waals surface area contributed by atoms with Gasteiger partial charge < -0.3 is 10.1 Å². The number of anilines is 1. The molecule has 0 saturated carbocycles. The Kier molecular flexibility index (Phi) is 4.92. The van der Waals surface area contributed by atoms with Crippen LogP contribution in [0.3, 0.4) is 0 Å². The molecule has 8 heteroatoms. The number of ether oxygens (including phenoxy) is 1. The normalized spacial score (nSPS) is 10.8. The fourth-order valence-corrected chi connectivity index (χ4v) is 2.46. The first kappa shape index (κ1) is 17.5. The number of hydrogen-bond acceptors (Lipinski definition) is 3. The standard InChI is InChI=1S/C18H14F3N3O2/c1-11-12(10-22-24(11)15-8-4-2-6-13(15)19)17(25)23-14-7-3-5-9-16(14)26-18(20)21/h2-10,18H,1H3,(H,23,25). The summed E-state index contributed by atoms with van der Waals surface area (Å²) in [6.07, 6.45) is 1.29. The van der Waals surface area contributed by atoms with Gasteiger partial charge in [-0.25, -0.2) is 9.07 Å². The van der Waals surface area contributed by atoms with Crippen molar-refractivity contribution in [3.8, 4) is 11.4 Å². The fraction of sp³-hybridized carbons (Fsp3) is 0.111. The zero-order valence-electron chi connectivity index (χ0n) is 13.6. The second-order valence-corrected chi connectivity index (χ2v) is 5.34. The van der Waals surface area contributed by atoms with Gasteiger partial charge in [0.25, 0.3) is 5.91 Å². The molecule has 3 rings (SSSR count). The van der Waals surface area contributed by atoms with Gasteiger partial charge in [-0.3, -0.25) is 4.79 Å². The largest absolute Gasteiger partial charge is 0.433 e. The van der Waals surface area contributed by atoms with Crippen molar-refractivity contribution in [1.82, 2.24) is 9.78 Å². The molecule has 2 aromatic carbocycles. The third-order valence-corrected chi connectivity index (χ3v) is 3.69. The summed E-state index contributed by atoms with van der Waals surface area (Å²) in [5, 5.41) is 6.55. The van der Waals surface area contributed by atoms with Crippen molar-refractivity contribution in [2.75, 3.05) is 5.32 Å². The molecule has 0 aliphatic heterocycles. The third kappa shape index (κ3) is 3.53. The number of halogens is 3. The predicted molar refractivity (Wildman–Crippen MR) is 89.3 cm³/mol. The average molecular weight is 361 g/mol. The van der Waals surface area contributed by atoms with E-state index in [-0.39, 0.29) is 22.7 Å². The number of carbonyl (C=O) groups is 1. The summed E-state index contributed by atoms with van der Waals surface area (Å²) in [7, 11) is 0. The van der Waals surface area contributed by atoms with E-state index in [1.807, 2.05) is 0 Å². The maximum atomic E-state index is 13.9. The lowest BCUT2D eigenvalue weighted by Crippen LogP contribution is -2.15. The maximum absolute atomic E-state index is 13.9. The molecule has 0 aliphatic rings. The molecule has 5 nitrogen and oxygen atoms in total. The Hall–Kier alpha value is -3.29. The lowest BCUT2D eigenvalue weighted by atomic mass is 10.2.